The Bertz CT molecular complexity index is 593. The van der Waals surface area contributed by atoms with Crippen molar-refractivity contribution in [2.45, 2.75) is 6.92 Å². The van der Waals surface area contributed by atoms with Gasteiger partial charge >= 0.3 is 5.97 Å². The van der Waals surface area contributed by atoms with Gasteiger partial charge in [-0.3, -0.25) is 4.79 Å². The number of carbonyl (C=O) groups excluding carboxylic acids is 1. The van der Waals surface area contributed by atoms with E-state index < -0.39 is 17.3 Å². The minimum atomic E-state index is -1.34. The van der Waals surface area contributed by atoms with Crippen molar-refractivity contribution in [3.05, 3.63) is 29.8 Å². The third-order valence-electron chi connectivity index (χ3n) is 3.15. The second kappa shape index (κ2) is 5.24. The highest BCUT2D eigenvalue weighted by Crippen LogP contribution is 2.38. The van der Waals surface area contributed by atoms with Gasteiger partial charge in [0.25, 0.3) is 0 Å². The fourth-order valence-electron chi connectivity index (χ4n) is 1.86. The number of aliphatic carboxylic acids is 1. The number of ether oxygens (including phenoxy) is 2. The molecular weight excluding hydrogens is 262 g/mol. The van der Waals surface area contributed by atoms with Crippen molar-refractivity contribution in [2.24, 2.45) is 0 Å². The molecule has 0 atom stereocenters. The summed E-state index contributed by atoms with van der Waals surface area (Å²) in [6.45, 7) is 5.97. The second-order valence-corrected chi connectivity index (χ2v) is 4.35. The summed E-state index contributed by atoms with van der Waals surface area (Å²) in [7, 11) is 1.80. The average Bonchev–Trinajstić information content (AvgIpc) is 2.90. The lowest BCUT2D eigenvalue weighted by molar-refractivity contribution is -0.132. The summed E-state index contributed by atoms with van der Waals surface area (Å²) in [5.74, 6) is -0.999. The van der Waals surface area contributed by atoms with Crippen molar-refractivity contribution in [2.75, 3.05) is 25.3 Å². The molecular formula is C14H15NO5. The minimum Gasteiger partial charge on any atom is -0.478 e. The lowest BCUT2D eigenvalue weighted by Gasteiger charge is -2.20. The lowest BCUT2D eigenvalue weighted by atomic mass is 10.0. The van der Waals surface area contributed by atoms with Crippen LogP contribution in [-0.4, -0.2) is 37.2 Å². The van der Waals surface area contributed by atoms with Gasteiger partial charge in [-0.05, 0) is 13.0 Å². The van der Waals surface area contributed by atoms with Gasteiger partial charge in [-0.2, -0.15) is 0 Å². The number of carbonyl (C=O) groups is 2. The topological polar surface area (TPSA) is 76.1 Å². The third kappa shape index (κ3) is 2.32. The maximum Gasteiger partial charge on any atom is 0.339 e. The quantitative estimate of drug-likeness (QED) is 0.382. The largest absolute Gasteiger partial charge is 0.478 e. The summed E-state index contributed by atoms with van der Waals surface area (Å²) in [6, 6.07) is 3.18. The van der Waals surface area contributed by atoms with Crippen LogP contribution in [0.3, 0.4) is 0 Å². The molecule has 1 aromatic rings. The van der Waals surface area contributed by atoms with E-state index in [1.807, 2.05) is 11.8 Å². The van der Waals surface area contributed by atoms with Crippen LogP contribution in [-0.2, 0) is 4.79 Å². The molecule has 1 heterocycles. The first-order chi connectivity index (χ1) is 9.45. The number of carboxylic acid groups (broad SMARTS) is 1. The van der Waals surface area contributed by atoms with Crippen LogP contribution in [0.4, 0.5) is 5.69 Å². The molecule has 6 nitrogen and oxygen atoms in total. The molecule has 2 rings (SSSR count). The molecule has 106 valence electrons. The van der Waals surface area contributed by atoms with Gasteiger partial charge in [-0.15, -0.1) is 0 Å². The Hall–Kier alpha value is -2.50. The van der Waals surface area contributed by atoms with Crippen molar-refractivity contribution in [1.82, 2.24) is 0 Å². The van der Waals surface area contributed by atoms with Gasteiger partial charge in [0.05, 0.1) is 11.3 Å². The standard InChI is InChI=1S/C14H15NO5/c1-4-15(3)10-6-12-11(19-7-20-12)5-9(10)13(16)8(2)14(17)18/h5-6H,2,4,7H2,1,3H3,(H,17,18). The lowest BCUT2D eigenvalue weighted by Crippen LogP contribution is -2.21. The molecule has 1 aliphatic heterocycles. The monoisotopic (exact) mass is 277 g/mol. The molecule has 6 heteroatoms. The van der Waals surface area contributed by atoms with E-state index in [2.05, 4.69) is 6.58 Å². The Morgan fingerprint density at radius 2 is 1.95 bits per heavy atom. The van der Waals surface area contributed by atoms with E-state index in [4.69, 9.17) is 14.6 Å². The summed E-state index contributed by atoms with van der Waals surface area (Å²) < 4.78 is 10.5. The van der Waals surface area contributed by atoms with Gasteiger partial charge in [-0.1, -0.05) is 6.58 Å². The van der Waals surface area contributed by atoms with Crippen LogP contribution in [0, 0.1) is 0 Å². The van der Waals surface area contributed by atoms with Gasteiger partial charge < -0.3 is 19.5 Å². The van der Waals surface area contributed by atoms with Crippen LogP contribution in [0.25, 0.3) is 0 Å². The van der Waals surface area contributed by atoms with Gasteiger partial charge in [0.1, 0.15) is 5.57 Å². The SMILES string of the molecule is C=C(C(=O)O)C(=O)c1cc2c(cc1N(C)CC)OCO2. The first-order valence-electron chi connectivity index (χ1n) is 6.07. The number of anilines is 1. The minimum absolute atomic E-state index is 0.0854. The van der Waals surface area contributed by atoms with E-state index in [-0.39, 0.29) is 12.4 Å². The number of rotatable bonds is 5. The molecule has 0 unspecified atom stereocenters. The number of fused-ring (bicyclic) bond motifs is 1. The highest BCUT2D eigenvalue weighted by molar-refractivity contribution is 6.25. The number of nitrogens with zero attached hydrogens (tertiary/aromatic N) is 1. The van der Waals surface area contributed by atoms with Crippen LogP contribution >= 0.6 is 0 Å². The molecule has 0 spiro atoms. The van der Waals surface area contributed by atoms with E-state index >= 15 is 0 Å². The van der Waals surface area contributed by atoms with Gasteiger partial charge in [0.15, 0.2) is 11.5 Å². The zero-order chi connectivity index (χ0) is 14.9. The Balaban J connectivity index is 2.53. The van der Waals surface area contributed by atoms with Crippen LogP contribution in [0.5, 0.6) is 11.5 Å². The van der Waals surface area contributed by atoms with Crippen molar-refractivity contribution >= 4 is 17.4 Å². The normalized spacial score (nSPS) is 12.1. The van der Waals surface area contributed by atoms with Gasteiger partial charge in [0, 0.05) is 19.7 Å². The maximum atomic E-state index is 12.2. The highest BCUT2D eigenvalue weighted by Gasteiger charge is 2.25. The van der Waals surface area contributed by atoms with Crippen molar-refractivity contribution in [1.29, 1.82) is 0 Å². The van der Waals surface area contributed by atoms with Crippen LogP contribution in [0.15, 0.2) is 24.3 Å². The molecule has 0 fully saturated rings. The smallest absolute Gasteiger partial charge is 0.339 e. The van der Waals surface area contributed by atoms with E-state index in [1.165, 1.54) is 6.07 Å². The molecule has 0 radical (unpaired) electrons. The number of benzene rings is 1. The number of carboxylic acids is 1. The Morgan fingerprint density at radius 1 is 1.35 bits per heavy atom. The highest BCUT2D eigenvalue weighted by atomic mass is 16.7. The first kappa shape index (κ1) is 13.9. The molecule has 0 saturated carbocycles. The fourth-order valence-corrected chi connectivity index (χ4v) is 1.86. The predicted molar refractivity (Wildman–Crippen MR) is 72.6 cm³/mol. The average molecular weight is 277 g/mol. The number of Topliss-reactive ketones (excluding diaryl/α,β-unsaturated/α-hetero) is 1. The van der Waals surface area contributed by atoms with E-state index in [0.717, 1.165) is 0 Å². The summed E-state index contributed by atoms with van der Waals surface area (Å²) in [5.41, 5.74) is 0.352. The molecule has 20 heavy (non-hydrogen) atoms. The predicted octanol–water partition coefficient (Wildman–Crippen LogP) is 1.69. The number of ketones is 1. The maximum absolute atomic E-state index is 12.2. The van der Waals surface area contributed by atoms with E-state index in [1.54, 1.807) is 13.1 Å². The Morgan fingerprint density at radius 3 is 2.50 bits per heavy atom. The number of hydrogen-bond acceptors (Lipinski definition) is 5. The fraction of sp³-hybridized carbons (Fsp3) is 0.286. The van der Waals surface area contributed by atoms with Crippen LogP contribution in [0.2, 0.25) is 0 Å². The van der Waals surface area contributed by atoms with E-state index in [9.17, 15) is 9.59 Å². The molecule has 1 aromatic carbocycles. The molecule has 0 aliphatic carbocycles. The van der Waals surface area contributed by atoms with Gasteiger partial charge in [-0.25, -0.2) is 4.79 Å². The molecule has 0 bridgehead atoms. The first-order valence-corrected chi connectivity index (χ1v) is 6.07. The third-order valence-corrected chi connectivity index (χ3v) is 3.15. The Labute approximate surface area is 116 Å². The van der Waals surface area contributed by atoms with Crippen molar-refractivity contribution < 1.29 is 24.2 Å². The van der Waals surface area contributed by atoms with Gasteiger partial charge in [0.2, 0.25) is 12.6 Å². The van der Waals surface area contributed by atoms with Crippen LogP contribution in [0.1, 0.15) is 17.3 Å². The molecule has 1 N–H and O–H groups in total. The summed E-state index contributed by atoms with van der Waals surface area (Å²) in [4.78, 5) is 25.0. The number of hydrogen-bond donors (Lipinski definition) is 1. The molecule has 0 aromatic heterocycles. The van der Waals surface area contributed by atoms with Crippen molar-refractivity contribution in [3.63, 3.8) is 0 Å². The van der Waals surface area contributed by atoms with Crippen LogP contribution < -0.4 is 14.4 Å². The summed E-state index contributed by atoms with van der Waals surface area (Å²) in [6.07, 6.45) is 0. The molecule has 0 amide bonds. The zero-order valence-corrected chi connectivity index (χ0v) is 11.3. The molecule has 0 saturated heterocycles. The second-order valence-electron chi connectivity index (χ2n) is 4.35. The summed E-state index contributed by atoms with van der Waals surface area (Å²) in [5, 5.41) is 8.90. The zero-order valence-electron chi connectivity index (χ0n) is 11.3. The van der Waals surface area contributed by atoms with Crippen molar-refractivity contribution in [3.8, 4) is 11.5 Å². The molecule has 1 aliphatic rings. The Kier molecular flexibility index (Phi) is 3.65. The van der Waals surface area contributed by atoms with E-state index in [0.29, 0.717) is 23.7 Å². The summed E-state index contributed by atoms with van der Waals surface area (Å²) >= 11 is 0.